The fourth-order valence-electron chi connectivity index (χ4n) is 2.54. The van der Waals surface area contributed by atoms with Crippen LogP contribution in [0.5, 0.6) is 0 Å². The van der Waals surface area contributed by atoms with Crippen molar-refractivity contribution in [2.75, 3.05) is 13.1 Å². The Morgan fingerprint density at radius 2 is 1.93 bits per heavy atom. The molecule has 1 heterocycles. The molecule has 0 spiro atoms. The lowest BCUT2D eigenvalue weighted by Gasteiger charge is -2.10. The highest BCUT2D eigenvalue weighted by Gasteiger charge is 2.20. The molecule has 0 aliphatic carbocycles. The third-order valence-corrected chi connectivity index (χ3v) is 5.15. The number of hydrogen-bond acceptors (Lipinski definition) is 4. The van der Waals surface area contributed by atoms with Gasteiger partial charge in [0.05, 0.1) is 0 Å². The second-order valence-electron chi connectivity index (χ2n) is 6.20. The molecule has 2 aromatic carbocycles. The van der Waals surface area contributed by atoms with E-state index in [1.165, 1.54) is 23.9 Å². The summed E-state index contributed by atoms with van der Waals surface area (Å²) in [6, 6.07) is 13.9. The highest BCUT2D eigenvalue weighted by Crippen LogP contribution is 2.32. The summed E-state index contributed by atoms with van der Waals surface area (Å²) in [5.74, 6) is 0.566. The largest absolute Gasteiger partial charge is 0.451 e. The normalized spacial score (nSPS) is 11.8. The Kier molecular flexibility index (Phi) is 7.71. The summed E-state index contributed by atoms with van der Waals surface area (Å²) < 4.78 is 18.9. The summed E-state index contributed by atoms with van der Waals surface area (Å²) in [6.07, 6.45) is 0. The minimum absolute atomic E-state index is 0. The maximum atomic E-state index is 13.1. The zero-order valence-corrected chi connectivity index (χ0v) is 16.5. The molecule has 7 heteroatoms. The van der Waals surface area contributed by atoms with Gasteiger partial charge in [0.15, 0.2) is 5.76 Å². The van der Waals surface area contributed by atoms with Gasteiger partial charge < -0.3 is 15.5 Å². The Labute approximate surface area is 168 Å². The Morgan fingerprint density at radius 3 is 2.63 bits per heavy atom. The predicted molar refractivity (Wildman–Crippen MR) is 110 cm³/mol. The summed E-state index contributed by atoms with van der Waals surface area (Å²) in [6.45, 7) is 2.98. The van der Waals surface area contributed by atoms with Crippen LogP contribution in [0.25, 0.3) is 11.0 Å². The van der Waals surface area contributed by atoms with Crippen molar-refractivity contribution >= 4 is 41.0 Å². The van der Waals surface area contributed by atoms with Gasteiger partial charge in [-0.1, -0.05) is 25.1 Å². The smallest absolute Gasteiger partial charge is 0.287 e. The van der Waals surface area contributed by atoms with E-state index in [-0.39, 0.29) is 30.0 Å². The van der Waals surface area contributed by atoms with E-state index in [9.17, 15) is 9.18 Å². The maximum absolute atomic E-state index is 13.1. The van der Waals surface area contributed by atoms with Gasteiger partial charge in [0.1, 0.15) is 11.4 Å². The van der Waals surface area contributed by atoms with Gasteiger partial charge in [0, 0.05) is 28.1 Å². The first-order valence-electron chi connectivity index (χ1n) is 8.45. The molecule has 3 N–H and O–H groups in total. The average Bonchev–Trinajstić information content (AvgIpc) is 3.04. The summed E-state index contributed by atoms with van der Waals surface area (Å²) in [5.41, 5.74) is 7.13. The molecule has 0 aliphatic rings. The molecule has 1 unspecified atom stereocenters. The van der Waals surface area contributed by atoms with Crippen LogP contribution in [0.4, 0.5) is 4.39 Å². The van der Waals surface area contributed by atoms with Gasteiger partial charge in [-0.05, 0) is 42.8 Å². The summed E-state index contributed by atoms with van der Waals surface area (Å²) in [4.78, 5) is 13.5. The molecule has 1 atom stereocenters. The molecule has 4 nitrogen and oxygen atoms in total. The number of furan rings is 1. The Balaban J connectivity index is 0.00000261. The molecule has 0 radical (unpaired) electrons. The third-order valence-electron chi connectivity index (χ3n) is 4.11. The van der Waals surface area contributed by atoms with Crippen LogP contribution in [-0.4, -0.2) is 19.0 Å². The summed E-state index contributed by atoms with van der Waals surface area (Å²) >= 11 is 1.54. The second kappa shape index (κ2) is 9.78. The first kappa shape index (κ1) is 21.3. The molecule has 0 saturated carbocycles. The van der Waals surface area contributed by atoms with E-state index in [1.807, 2.05) is 31.2 Å². The monoisotopic (exact) mass is 408 g/mol. The van der Waals surface area contributed by atoms with Crippen LogP contribution in [0.2, 0.25) is 0 Å². The van der Waals surface area contributed by atoms with Crippen LogP contribution < -0.4 is 11.1 Å². The predicted octanol–water partition coefficient (Wildman–Crippen LogP) is 4.61. The first-order chi connectivity index (χ1) is 12.6. The van der Waals surface area contributed by atoms with Crippen molar-refractivity contribution in [3.63, 3.8) is 0 Å². The van der Waals surface area contributed by atoms with Gasteiger partial charge in [-0.2, -0.15) is 0 Å². The van der Waals surface area contributed by atoms with Gasteiger partial charge in [0.25, 0.3) is 5.91 Å². The summed E-state index contributed by atoms with van der Waals surface area (Å²) in [5, 5.41) is 3.80. The van der Waals surface area contributed by atoms with Crippen LogP contribution in [0.15, 0.2) is 57.8 Å². The fourth-order valence-corrected chi connectivity index (χ4v) is 3.47. The number of nitrogens with one attached hydrogen (secondary N) is 1. The number of fused-ring (bicyclic) bond motifs is 1. The maximum Gasteiger partial charge on any atom is 0.287 e. The number of hydrogen-bond donors (Lipinski definition) is 2. The van der Waals surface area contributed by atoms with E-state index in [4.69, 9.17) is 10.2 Å². The topological polar surface area (TPSA) is 68.3 Å². The Morgan fingerprint density at radius 1 is 1.22 bits per heavy atom. The molecular weight excluding hydrogens is 387 g/mol. The molecule has 27 heavy (non-hydrogen) atoms. The second-order valence-corrected chi connectivity index (χ2v) is 7.25. The number of benzene rings is 2. The van der Waals surface area contributed by atoms with Crippen molar-refractivity contribution in [2.45, 2.75) is 17.6 Å². The van der Waals surface area contributed by atoms with E-state index in [2.05, 4.69) is 5.32 Å². The van der Waals surface area contributed by atoms with Gasteiger partial charge in [0.2, 0.25) is 0 Å². The molecule has 0 bridgehead atoms. The van der Waals surface area contributed by atoms with E-state index < -0.39 is 0 Å². The number of rotatable bonds is 7. The van der Waals surface area contributed by atoms with Crippen LogP contribution >= 0.6 is 24.2 Å². The molecule has 1 aromatic heterocycles. The number of para-hydroxylation sites is 1. The molecular formula is C20H22ClFN2O2S. The molecule has 144 valence electrons. The first-order valence-corrected chi connectivity index (χ1v) is 9.44. The molecule has 0 saturated heterocycles. The zero-order chi connectivity index (χ0) is 18.5. The quantitative estimate of drug-likeness (QED) is 0.560. The van der Waals surface area contributed by atoms with Crippen molar-refractivity contribution in [2.24, 2.45) is 11.7 Å². The van der Waals surface area contributed by atoms with Crippen LogP contribution in [0, 0.1) is 11.7 Å². The minimum Gasteiger partial charge on any atom is -0.451 e. The van der Waals surface area contributed by atoms with Crippen LogP contribution in [-0.2, 0) is 5.75 Å². The van der Waals surface area contributed by atoms with Crippen molar-refractivity contribution in [3.05, 3.63) is 65.7 Å². The molecule has 3 rings (SSSR count). The number of carbonyl (C=O) groups is 1. The molecule has 0 aliphatic heterocycles. The molecule has 0 fully saturated rings. The number of halogens is 2. The number of carbonyl (C=O) groups excluding carboxylic acids is 1. The van der Waals surface area contributed by atoms with Crippen molar-refractivity contribution in [1.82, 2.24) is 5.32 Å². The average molecular weight is 409 g/mol. The Bertz CT molecular complexity index is 899. The van der Waals surface area contributed by atoms with Crippen molar-refractivity contribution < 1.29 is 13.6 Å². The van der Waals surface area contributed by atoms with Crippen molar-refractivity contribution in [1.29, 1.82) is 0 Å². The molecule has 1 amide bonds. The van der Waals surface area contributed by atoms with E-state index in [1.54, 1.807) is 12.1 Å². The Hall–Kier alpha value is -2.02. The number of amides is 1. The van der Waals surface area contributed by atoms with Gasteiger partial charge in [-0.3, -0.25) is 4.79 Å². The van der Waals surface area contributed by atoms with E-state index >= 15 is 0 Å². The summed E-state index contributed by atoms with van der Waals surface area (Å²) in [7, 11) is 0. The van der Waals surface area contributed by atoms with Crippen LogP contribution in [0.1, 0.15) is 23.0 Å². The lowest BCUT2D eigenvalue weighted by molar-refractivity contribution is 0.0922. The zero-order valence-electron chi connectivity index (χ0n) is 14.9. The number of thioether (sulfide) groups is 1. The highest BCUT2D eigenvalue weighted by atomic mass is 35.5. The minimum atomic E-state index is -0.266. The van der Waals surface area contributed by atoms with Gasteiger partial charge >= 0.3 is 0 Å². The fraction of sp³-hybridized carbons (Fsp3) is 0.250. The lowest BCUT2D eigenvalue weighted by Crippen LogP contribution is -2.31. The van der Waals surface area contributed by atoms with Gasteiger partial charge in [-0.25, -0.2) is 4.39 Å². The molecule has 3 aromatic rings. The highest BCUT2D eigenvalue weighted by molar-refractivity contribution is 7.98. The standard InChI is InChI=1S/C20H21FN2O2S.ClH/c1-13(10-22)11-23-20(24)19-17(16-4-2-3-5-18(16)25-19)12-26-15-8-6-14(21)7-9-15;/h2-9,13H,10-12,22H2,1H3,(H,23,24);1H. The third kappa shape index (κ3) is 5.25. The van der Waals surface area contributed by atoms with Crippen LogP contribution in [0.3, 0.4) is 0 Å². The SMILES string of the molecule is CC(CN)CNC(=O)c1oc2ccccc2c1CSc1ccc(F)cc1.Cl. The van der Waals surface area contributed by atoms with Gasteiger partial charge in [-0.15, -0.1) is 24.2 Å². The van der Waals surface area contributed by atoms with E-state index in [0.717, 1.165) is 15.8 Å². The number of nitrogens with two attached hydrogens (primary N) is 1. The van der Waals surface area contributed by atoms with Crippen molar-refractivity contribution in [3.8, 4) is 0 Å². The van der Waals surface area contributed by atoms with E-state index in [0.29, 0.717) is 30.2 Å². The lowest BCUT2D eigenvalue weighted by atomic mass is 10.1.